The van der Waals surface area contributed by atoms with E-state index in [1.54, 1.807) is 6.20 Å². The van der Waals surface area contributed by atoms with Crippen molar-refractivity contribution in [2.75, 3.05) is 7.05 Å². The maximum atomic E-state index is 12.8. The Morgan fingerprint density at radius 2 is 1.86 bits per heavy atom. The van der Waals surface area contributed by atoms with Crippen molar-refractivity contribution in [3.05, 3.63) is 18.0 Å². The maximum Gasteiger partial charge on any atom is 0.223 e. The van der Waals surface area contributed by atoms with Crippen LogP contribution in [0.25, 0.3) is 0 Å². The lowest BCUT2D eigenvalue weighted by Gasteiger charge is -2.56. The monoisotopic (exact) mass is 301 g/mol. The second-order valence-corrected chi connectivity index (χ2v) is 8.29. The molecule has 1 amide bonds. The van der Waals surface area contributed by atoms with Gasteiger partial charge in [-0.2, -0.15) is 5.10 Å². The third-order valence-corrected chi connectivity index (χ3v) is 6.44. The molecule has 0 saturated heterocycles. The van der Waals surface area contributed by atoms with E-state index >= 15 is 0 Å². The highest BCUT2D eigenvalue weighted by molar-refractivity contribution is 5.76. The zero-order valence-electron chi connectivity index (χ0n) is 13.8. The first kappa shape index (κ1) is 14.3. The van der Waals surface area contributed by atoms with Crippen molar-refractivity contribution in [1.82, 2.24) is 14.7 Å². The third-order valence-electron chi connectivity index (χ3n) is 6.44. The van der Waals surface area contributed by atoms with Gasteiger partial charge in [-0.15, -0.1) is 0 Å². The van der Waals surface area contributed by atoms with Crippen LogP contribution in [-0.2, 0) is 18.4 Å². The van der Waals surface area contributed by atoms with Gasteiger partial charge >= 0.3 is 0 Å². The highest BCUT2D eigenvalue weighted by Gasteiger charge is 2.51. The average molecular weight is 301 g/mol. The first-order valence-corrected chi connectivity index (χ1v) is 8.74. The molecule has 0 aromatic carbocycles. The van der Waals surface area contributed by atoms with Crippen LogP contribution in [0.4, 0.5) is 0 Å². The third kappa shape index (κ3) is 2.46. The molecule has 0 N–H and O–H groups in total. The van der Waals surface area contributed by atoms with Gasteiger partial charge in [0.2, 0.25) is 5.91 Å². The first-order chi connectivity index (χ1) is 10.5. The van der Waals surface area contributed by atoms with Crippen LogP contribution in [-0.4, -0.2) is 27.6 Å². The SMILES string of the molecule is CN(Cc1ccnn1C)C(=O)CC12CC3CC(CC(C3)C1)C2. The fourth-order valence-electron chi connectivity index (χ4n) is 5.85. The summed E-state index contributed by atoms with van der Waals surface area (Å²) in [6.45, 7) is 0.668. The minimum atomic E-state index is 0.322. The van der Waals surface area contributed by atoms with Gasteiger partial charge in [0.05, 0.1) is 12.2 Å². The molecule has 22 heavy (non-hydrogen) atoms. The van der Waals surface area contributed by atoms with E-state index in [0.717, 1.165) is 29.9 Å². The smallest absolute Gasteiger partial charge is 0.223 e. The summed E-state index contributed by atoms with van der Waals surface area (Å²) in [6.07, 6.45) is 10.8. The molecular formula is C18H27N3O. The van der Waals surface area contributed by atoms with Crippen LogP contribution in [0.5, 0.6) is 0 Å². The van der Waals surface area contributed by atoms with Gasteiger partial charge in [-0.1, -0.05) is 0 Å². The number of hydrogen-bond acceptors (Lipinski definition) is 2. The van der Waals surface area contributed by atoms with Crippen molar-refractivity contribution in [3.8, 4) is 0 Å². The molecule has 1 aromatic heterocycles. The van der Waals surface area contributed by atoms with E-state index in [0.29, 0.717) is 17.9 Å². The standard InChI is InChI=1S/C18H27N3O/c1-20(12-16-3-4-19-21(16)2)17(22)11-18-8-13-5-14(9-18)7-15(6-13)10-18/h3-4,13-15H,5-12H2,1-2H3. The van der Waals surface area contributed by atoms with Crippen molar-refractivity contribution >= 4 is 5.91 Å². The molecule has 120 valence electrons. The van der Waals surface area contributed by atoms with E-state index in [1.165, 1.54) is 38.5 Å². The Balaban J connectivity index is 1.42. The van der Waals surface area contributed by atoms with E-state index in [2.05, 4.69) is 5.10 Å². The van der Waals surface area contributed by atoms with Gasteiger partial charge in [0, 0.05) is 26.7 Å². The highest BCUT2D eigenvalue weighted by Crippen LogP contribution is 2.61. The lowest BCUT2D eigenvalue weighted by Crippen LogP contribution is -2.48. The van der Waals surface area contributed by atoms with Gasteiger partial charge in [0.15, 0.2) is 0 Å². The predicted molar refractivity (Wildman–Crippen MR) is 84.9 cm³/mol. The van der Waals surface area contributed by atoms with E-state index in [1.807, 2.05) is 29.7 Å². The molecule has 1 aromatic rings. The molecule has 0 unspecified atom stereocenters. The van der Waals surface area contributed by atoms with Crippen LogP contribution in [0.15, 0.2) is 12.3 Å². The van der Waals surface area contributed by atoms with Crippen LogP contribution in [0.2, 0.25) is 0 Å². The molecule has 0 radical (unpaired) electrons. The van der Waals surface area contributed by atoms with Crippen LogP contribution in [0.3, 0.4) is 0 Å². The molecule has 4 aliphatic carbocycles. The molecule has 4 saturated carbocycles. The summed E-state index contributed by atoms with van der Waals surface area (Å²) in [5, 5.41) is 4.19. The van der Waals surface area contributed by atoms with Crippen molar-refractivity contribution in [3.63, 3.8) is 0 Å². The largest absolute Gasteiger partial charge is 0.340 e. The van der Waals surface area contributed by atoms with Gasteiger partial charge < -0.3 is 4.90 Å². The Bertz CT molecular complexity index is 541. The summed E-state index contributed by atoms with van der Waals surface area (Å²) in [5.74, 6) is 3.08. The minimum absolute atomic E-state index is 0.322. The van der Waals surface area contributed by atoms with Gasteiger partial charge in [-0.25, -0.2) is 0 Å². The number of aromatic nitrogens is 2. The van der Waals surface area contributed by atoms with Gasteiger partial charge in [-0.3, -0.25) is 9.48 Å². The Labute approximate surface area is 132 Å². The summed E-state index contributed by atoms with van der Waals surface area (Å²) in [5.41, 5.74) is 1.44. The summed E-state index contributed by atoms with van der Waals surface area (Å²) >= 11 is 0. The zero-order valence-corrected chi connectivity index (χ0v) is 13.8. The second kappa shape index (κ2) is 5.10. The molecule has 4 aliphatic rings. The number of hydrogen-bond donors (Lipinski definition) is 0. The zero-order chi connectivity index (χ0) is 15.3. The number of aryl methyl sites for hydroxylation is 1. The number of nitrogens with zero attached hydrogens (tertiary/aromatic N) is 3. The molecule has 4 heteroatoms. The molecule has 4 nitrogen and oxygen atoms in total. The molecule has 5 rings (SSSR count). The van der Waals surface area contributed by atoms with Crippen molar-refractivity contribution in [2.45, 2.75) is 51.5 Å². The number of rotatable bonds is 4. The molecule has 0 aliphatic heterocycles. The highest BCUT2D eigenvalue weighted by atomic mass is 16.2. The summed E-state index contributed by atoms with van der Waals surface area (Å²) in [4.78, 5) is 14.7. The van der Waals surface area contributed by atoms with Crippen LogP contribution >= 0.6 is 0 Å². The average Bonchev–Trinajstić information content (AvgIpc) is 2.82. The van der Waals surface area contributed by atoms with E-state index in [4.69, 9.17) is 0 Å². The normalized spacial score (nSPS) is 35.8. The first-order valence-electron chi connectivity index (χ1n) is 8.74. The van der Waals surface area contributed by atoms with Crippen LogP contribution in [0.1, 0.15) is 50.6 Å². The Morgan fingerprint density at radius 1 is 1.27 bits per heavy atom. The molecule has 0 atom stereocenters. The Morgan fingerprint density at radius 3 is 2.36 bits per heavy atom. The lowest BCUT2D eigenvalue weighted by atomic mass is 9.49. The van der Waals surface area contributed by atoms with Gasteiger partial charge in [-0.05, 0) is 67.8 Å². The summed E-state index contributed by atoms with van der Waals surface area (Å²) in [6, 6.07) is 1.99. The van der Waals surface area contributed by atoms with Gasteiger partial charge in [0.25, 0.3) is 0 Å². The van der Waals surface area contributed by atoms with Crippen LogP contribution < -0.4 is 0 Å². The predicted octanol–water partition coefficient (Wildman–Crippen LogP) is 2.99. The van der Waals surface area contributed by atoms with Crippen molar-refractivity contribution < 1.29 is 4.79 Å². The fraction of sp³-hybridized carbons (Fsp3) is 0.778. The summed E-state index contributed by atoms with van der Waals surface area (Å²) < 4.78 is 1.86. The Hall–Kier alpha value is -1.32. The topological polar surface area (TPSA) is 38.1 Å². The minimum Gasteiger partial charge on any atom is -0.340 e. The van der Waals surface area contributed by atoms with Crippen molar-refractivity contribution in [1.29, 1.82) is 0 Å². The Kier molecular flexibility index (Phi) is 3.31. The molecule has 4 fully saturated rings. The molecule has 0 spiro atoms. The van der Waals surface area contributed by atoms with E-state index < -0.39 is 0 Å². The van der Waals surface area contributed by atoms with Crippen molar-refractivity contribution in [2.24, 2.45) is 30.2 Å². The molecule has 4 bridgehead atoms. The second-order valence-electron chi connectivity index (χ2n) is 8.29. The summed E-state index contributed by atoms with van der Waals surface area (Å²) in [7, 11) is 3.88. The lowest BCUT2D eigenvalue weighted by molar-refractivity contribution is -0.138. The van der Waals surface area contributed by atoms with E-state index in [-0.39, 0.29) is 0 Å². The van der Waals surface area contributed by atoms with Gasteiger partial charge in [0.1, 0.15) is 0 Å². The maximum absolute atomic E-state index is 12.8. The number of carbonyl (C=O) groups is 1. The number of carbonyl (C=O) groups excluding carboxylic acids is 1. The van der Waals surface area contributed by atoms with Crippen LogP contribution in [0, 0.1) is 23.2 Å². The van der Waals surface area contributed by atoms with E-state index in [9.17, 15) is 4.79 Å². The fourth-order valence-corrected chi connectivity index (χ4v) is 5.85. The molecular weight excluding hydrogens is 274 g/mol. The number of amides is 1. The quantitative estimate of drug-likeness (QED) is 0.857. The molecule has 1 heterocycles.